The fourth-order valence-electron chi connectivity index (χ4n) is 2.42. The third-order valence-electron chi connectivity index (χ3n) is 3.80. The van der Waals surface area contributed by atoms with Crippen molar-refractivity contribution in [1.82, 2.24) is 5.32 Å². The van der Waals surface area contributed by atoms with Crippen molar-refractivity contribution in [3.05, 3.63) is 34.9 Å². The first-order valence-corrected chi connectivity index (χ1v) is 7.89. The van der Waals surface area contributed by atoms with E-state index in [0.717, 1.165) is 24.2 Å². The minimum atomic E-state index is -0.173. The molecule has 22 heavy (non-hydrogen) atoms. The van der Waals surface area contributed by atoms with E-state index in [4.69, 9.17) is 0 Å². The molecule has 0 bridgehead atoms. The lowest BCUT2D eigenvalue weighted by Gasteiger charge is -2.28. The van der Waals surface area contributed by atoms with Crippen molar-refractivity contribution in [2.24, 2.45) is 10.4 Å². The van der Waals surface area contributed by atoms with Crippen molar-refractivity contribution < 1.29 is 9.90 Å². The Kier molecular flexibility index (Phi) is 6.60. The standard InChI is InChI=1S/C18H28N2O2/c1-6-13(19-5)8-9-14(7-2)20-12-15-16(21)10-18(3,4)11-17(15)22/h8-9,12,19,21H,6-7,10-11H2,1-5H3/b13-8+,14-9+,20-12?. The summed E-state index contributed by atoms with van der Waals surface area (Å²) in [6, 6.07) is 0. The Morgan fingerprint density at radius 2 is 1.95 bits per heavy atom. The molecule has 1 rings (SSSR count). The van der Waals surface area contributed by atoms with Gasteiger partial charge in [-0.2, -0.15) is 0 Å². The van der Waals surface area contributed by atoms with Crippen molar-refractivity contribution in [3.8, 4) is 0 Å². The highest BCUT2D eigenvalue weighted by atomic mass is 16.3. The Bertz CT molecular complexity index is 531. The molecular formula is C18H28N2O2. The molecule has 0 unspecified atom stereocenters. The van der Waals surface area contributed by atoms with Gasteiger partial charge in [0.15, 0.2) is 5.78 Å². The fourth-order valence-corrected chi connectivity index (χ4v) is 2.42. The van der Waals surface area contributed by atoms with Crippen LogP contribution < -0.4 is 5.32 Å². The molecule has 0 aliphatic heterocycles. The van der Waals surface area contributed by atoms with Crippen molar-refractivity contribution in [2.45, 2.75) is 53.4 Å². The van der Waals surface area contributed by atoms with E-state index in [0.29, 0.717) is 18.4 Å². The predicted octanol–water partition coefficient (Wildman–Crippen LogP) is 4.07. The molecule has 122 valence electrons. The Morgan fingerprint density at radius 1 is 1.27 bits per heavy atom. The first-order chi connectivity index (χ1) is 10.3. The Morgan fingerprint density at radius 3 is 2.45 bits per heavy atom. The molecule has 0 fully saturated rings. The first-order valence-electron chi connectivity index (χ1n) is 7.89. The molecule has 0 saturated carbocycles. The molecule has 0 saturated heterocycles. The number of nitrogens with zero attached hydrogens (tertiary/aromatic N) is 1. The minimum Gasteiger partial charge on any atom is -0.511 e. The zero-order valence-corrected chi connectivity index (χ0v) is 14.4. The maximum Gasteiger partial charge on any atom is 0.168 e. The average Bonchev–Trinajstić information content (AvgIpc) is 2.43. The molecular weight excluding hydrogens is 276 g/mol. The summed E-state index contributed by atoms with van der Waals surface area (Å²) < 4.78 is 0. The lowest BCUT2D eigenvalue weighted by Crippen LogP contribution is -2.26. The lowest BCUT2D eigenvalue weighted by atomic mass is 9.77. The van der Waals surface area contributed by atoms with Gasteiger partial charge >= 0.3 is 0 Å². The number of aliphatic imine (C=N–C) groups is 1. The number of aliphatic hydroxyl groups excluding tert-OH is 1. The van der Waals surface area contributed by atoms with Crippen LogP contribution in [0.2, 0.25) is 0 Å². The SMILES string of the molecule is CC/C(=C\C=C(/CC)NC)N=CC1=C(O)CC(C)(C)CC1=O. The molecule has 1 aliphatic carbocycles. The van der Waals surface area contributed by atoms with Gasteiger partial charge in [0.05, 0.1) is 5.57 Å². The van der Waals surface area contributed by atoms with Crippen LogP contribution in [0.5, 0.6) is 0 Å². The molecule has 0 heterocycles. The molecule has 4 heteroatoms. The summed E-state index contributed by atoms with van der Waals surface area (Å²) in [5.41, 5.74) is 2.18. The summed E-state index contributed by atoms with van der Waals surface area (Å²) in [6.45, 7) is 8.07. The van der Waals surface area contributed by atoms with Gasteiger partial charge in [-0.05, 0) is 30.4 Å². The van der Waals surface area contributed by atoms with Gasteiger partial charge in [-0.1, -0.05) is 27.7 Å². The number of hydrogen-bond donors (Lipinski definition) is 2. The van der Waals surface area contributed by atoms with Crippen LogP contribution in [0, 0.1) is 5.41 Å². The van der Waals surface area contributed by atoms with E-state index >= 15 is 0 Å². The molecule has 0 atom stereocenters. The van der Waals surface area contributed by atoms with Crippen LogP contribution in [-0.4, -0.2) is 24.2 Å². The number of rotatable bonds is 6. The second-order valence-corrected chi connectivity index (χ2v) is 6.37. The largest absolute Gasteiger partial charge is 0.511 e. The first kappa shape index (κ1) is 18.2. The third-order valence-corrected chi connectivity index (χ3v) is 3.80. The van der Waals surface area contributed by atoms with Gasteiger partial charge in [0.1, 0.15) is 5.76 Å². The number of ketones is 1. The highest BCUT2D eigenvalue weighted by Crippen LogP contribution is 2.35. The van der Waals surface area contributed by atoms with Crippen LogP contribution in [0.25, 0.3) is 0 Å². The zero-order chi connectivity index (χ0) is 16.8. The monoisotopic (exact) mass is 304 g/mol. The summed E-state index contributed by atoms with van der Waals surface area (Å²) in [5.74, 6) is 0.119. The minimum absolute atomic E-state index is 0.0343. The smallest absolute Gasteiger partial charge is 0.168 e. The molecule has 0 aromatic rings. The topological polar surface area (TPSA) is 61.7 Å². The Labute approximate surface area is 133 Å². The zero-order valence-electron chi connectivity index (χ0n) is 14.4. The summed E-state index contributed by atoms with van der Waals surface area (Å²) in [5, 5.41) is 13.2. The molecule has 0 radical (unpaired) electrons. The lowest BCUT2D eigenvalue weighted by molar-refractivity contribution is -0.117. The highest BCUT2D eigenvalue weighted by Gasteiger charge is 2.32. The second-order valence-electron chi connectivity index (χ2n) is 6.37. The van der Waals surface area contributed by atoms with Crippen molar-refractivity contribution in [3.63, 3.8) is 0 Å². The van der Waals surface area contributed by atoms with Crippen LogP contribution in [-0.2, 0) is 4.79 Å². The number of allylic oxidation sites excluding steroid dienone is 6. The number of Topliss-reactive ketones (excluding diaryl/α,β-unsaturated/α-hetero) is 1. The van der Waals surface area contributed by atoms with Crippen LogP contribution in [0.4, 0.5) is 0 Å². The number of aliphatic hydroxyl groups is 1. The van der Waals surface area contributed by atoms with Gasteiger partial charge in [-0.3, -0.25) is 9.79 Å². The van der Waals surface area contributed by atoms with E-state index in [-0.39, 0.29) is 17.0 Å². The van der Waals surface area contributed by atoms with Crippen LogP contribution in [0.3, 0.4) is 0 Å². The highest BCUT2D eigenvalue weighted by molar-refractivity contribution is 6.14. The number of carbonyl (C=O) groups is 1. The van der Waals surface area contributed by atoms with Crippen LogP contribution >= 0.6 is 0 Å². The molecule has 0 aromatic heterocycles. The van der Waals surface area contributed by atoms with Gasteiger partial charge in [-0.25, -0.2) is 0 Å². The van der Waals surface area contributed by atoms with E-state index in [1.165, 1.54) is 6.21 Å². The summed E-state index contributed by atoms with van der Waals surface area (Å²) >= 11 is 0. The second kappa shape index (κ2) is 7.97. The van der Waals surface area contributed by atoms with Crippen molar-refractivity contribution >= 4 is 12.0 Å². The summed E-state index contributed by atoms with van der Waals surface area (Å²) in [4.78, 5) is 16.5. The van der Waals surface area contributed by atoms with Gasteiger partial charge in [-0.15, -0.1) is 0 Å². The van der Waals surface area contributed by atoms with E-state index < -0.39 is 0 Å². The Balaban J connectivity index is 2.96. The van der Waals surface area contributed by atoms with E-state index in [9.17, 15) is 9.90 Å². The van der Waals surface area contributed by atoms with Gasteiger partial charge in [0.2, 0.25) is 0 Å². The third kappa shape index (κ3) is 5.17. The molecule has 1 aliphatic rings. The number of carbonyl (C=O) groups excluding carboxylic acids is 1. The molecule has 4 nitrogen and oxygen atoms in total. The van der Waals surface area contributed by atoms with E-state index in [2.05, 4.69) is 17.2 Å². The van der Waals surface area contributed by atoms with Gasteiger partial charge < -0.3 is 10.4 Å². The van der Waals surface area contributed by atoms with E-state index in [1.54, 1.807) is 0 Å². The molecule has 2 N–H and O–H groups in total. The average molecular weight is 304 g/mol. The summed E-state index contributed by atoms with van der Waals surface area (Å²) in [6.07, 6.45) is 8.11. The van der Waals surface area contributed by atoms with Gasteiger partial charge in [0.25, 0.3) is 0 Å². The molecule has 0 spiro atoms. The predicted molar refractivity (Wildman–Crippen MR) is 92.0 cm³/mol. The van der Waals surface area contributed by atoms with Crippen LogP contribution in [0.15, 0.2) is 39.9 Å². The van der Waals surface area contributed by atoms with Gasteiger partial charge in [0, 0.05) is 37.5 Å². The number of hydrogen-bond acceptors (Lipinski definition) is 4. The van der Waals surface area contributed by atoms with Crippen molar-refractivity contribution in [2.75, 3.05) is 7.05 Å². The fraction of sp³-hybridized carbons (Fsp3) is 0.556. The number of nitrogens with one attached hydrogen (secondary N) is 1. The summed E-state index contributed by atoms with van der Waals surface area (Å²) in [7, 11) is 1.89. The van der Waals surface area contributed by atoms with Crippen LogP contribution in [0.1, 0.15) is 53.4 Å². The van der Waals surface area contributed by atoms with Crippen molar-refractivity contribution in [1.29, 1.82) is 0 Å². The van der Waals surface area contributed by atoms with E-state index in [1.807, 2.05) is 40.0 Å². The maximum absolute atomic E-state index is 12.1. The molecule has 0 aromatic carbocycles. The normalized spacial score (nSPS) is 20.0. The maximum atomic E-state index is 12.1. The Hall–Kier alpha value is -1.84. The molecule has 0 amide bonds. The quantitative estimate of drug-likeness (QED) is 0.574.